The number of aromatic nitrogens is 2. The molecule has 0 saturated heterocycles. The van der Waals surface area contributed by atoms with E-state index in [1.807, 2.05) is 0 Å². The minimum absolute atomic E-state index is 0.0982. The first kappa shape index (κ1) is 10.3. The van der Waals surface area contributed by atoms with Gasteiger partial charge in [0, 0.05) is 28.7 Å². The molecule has 1 heterocycles. The fraction of sp³-hybridized carbons (Fsp3) is 0.100. The zero-order valence-electron chi connectivity index (χ0n) is 7.91. The third-order valence-electron chi connectivity index (χ3n) is 2.01. The van der Waals surface area contributed by atoms with Crippen molar-refractivity contribution in [1.82, 2.24) is 9.78 Å². The largest absolute Gasteiger partial charge is 0.493 e. The first-order valence-electron chi connectivity index (χ1n) is 4.26. The van der Waals surface area contributed by atoms with Crippen LogP contribution in [0.3, 0.4) is 0 Å². The van der Waals surface area contributed by atoms with Crippen LogP contribution in [0.5, 0.6) is 5.88 Å². The van der Waals surface area contributed by atoms with Crippen molar-refractivity contribution in [1.29, 1.82) is 0 Å². The van der Waals surface area contributed by atoms with E-state index in [1.54, 1.807) is 31.3 Å². The molecule has 0 spiro atoms. The summed E-state index contributed by atoms with van der Waals surface area (Å²) in [6.07, 6.45) is 0. The highest BCUT2D eigenvalue weighted by Crippen LogP contribution is 2.27. The van der Waals surface area contributed by atoms with E-state index >= 15 is 0 Å². The Morgan fingerprint density at radius 3 is 2.20 bits per heavy atom. The molecule has 1 aromatic carbocycles. The van der Waals surface area contributed by atoms with Gasteiger partial charge in [-0.05, 0) is 18.2 Å². The number of hydrogen-bond acceptors (Lipinski definition) is 2. The van der Waals surface area contributed by atoms with Crippen LogP contribution in [-0.2, 0) is 7.05 Å². The molecule has 0 aliphatic heterocycles. The molecule has 0 amide bonds. The molecule has 0 bridgehead atoms. The molecule has 1 aromatic heterocycles. The Morgan fingerprint density at radius 2 is 1.73 bits per heavy atom. The zero-order valence-corrected chi connectivity index (χ0v) is 9.42. The van der Waals surface area contributed by atoms with Crippen molar-refractivity contribution < 1.29 is 5.11 Å². The van der Waals surface area contributed by atoms with E-state index in [4.69, 9.17) is 23.2 Å². The molecule has 0 aliphatic carbocycles. The van der Waals surface area contributed by atoms with Crippen molar-refractivity contribution in [3.8, 4) is 17.1 Å². The van der Waals surface area contributed by atoms with Crippen LogP contribution in [-0.4, -0.2) is 14.9 Å². The van der Waals surface area contributed by atoms with Crippen LogP contribution in [0, 0.1) is 0 Å². The minimum Gasteiger partial charge on any atom is -0.493 e. The molecule has 3 nitrogen and oxygen atoms in total. The fourth-order valence-electron chi connectivity index (χ4n) is 1.30. The number of hydrogen-bond donors (Lipinski definition) is 1. The maximum Gasteiger partial charge on any atom is 0.209 e. The lowest BCUT2D eigenvalue weighted by molar-refractivity contribution is 0.419. The van der Waals surface area contributed by atoms with Crippen molar-refractivity contribution in [3.05, 3.63) is 34.3 Å². The molecule has 2 rings (SSSR count). The summed E-state index contributed by atoms with van der Waals surface area (Å²) >= 11 is 11.7. The summed E-state index contributed by atoms with van der Waals surface area (Å²) in [5, 5.41) is 14.6. The summed E-state index contributed by atoms with van der Waals surface area (Å²) in [6, 6.07) is 6.70. The summed E-state index contributed by atoms with van der Waals surface area (Å²) in [5.41, 5.74) is 1.42. The van der Waals surface area contributed by atoms with Gasteiger partial charge < -0.3 is 5.11 Å². The molecule has 0 radical (unpaired) electrons. The fourth-order valence-corrected chi connectivity index (χ4v) is 1.83. The molecule has 78 valence electrons. The second kappa shape index (κ2) is 3.76. The Kier molecular flexibility index (Phi) is 2.59. The second-order valence-corrected chi connectivity index (χ2v) is 4.04. The molecular weight excluding hydrogens is 235 g/mol. The Balaban J connectivity index is 2.53. The maximum absolute atomic E-state index is 9.37. The van der Waals surface area contributed by atoms with Crippen molar-refractivity contribution in [2.24, 2.45) is 7.05 Å². The summed E-state index contributed by atoms with van der Waals surface area (Å²) < 4.78 is 1.38. The van der Waals surface area contributed by atoms with Crippen LogP contribution < -0.4 is 0 Å². The van der Waals surface area contributed by atoms with Crippen LogP contribution in [0.25, 0.3) is 11.3 Å². The van der Waals surface area contributed by atoms with E-state index in [9.17, 15) is 5.11 Å². The highest BCUT2D eigenvalue weighted by molar-refractivity contribution is 6.35. The van der Waals surface area contributed by atoms with Crippen LogP contribution in [0.4, 0.5) is 0 Å². The Hall–Kier alpha value is -1.19. The smallest absolute Gasteiger partial charge is 0.209 e. The van der Waals surface area contributed by atoms with Gasteiger partial charge in [0.2, 0.25) is 5.88 Å². The average Bonchev–Trinajstić information content (AvgIpc) is 2.45. The standard InChI is InChI=1S/C10H8Cl2N2O/c1-14-10(15)5-9(13-14)6-2-7(11)4-8(12)3-6/h2-5,15H,1H3. The number of benzene rings is 1. The van der Waals surface area contributed by atoms with E-state index in [0.29, 0.717) is 15.7 Å². The minimum atomic E-state index is 0.0982. The van der Waals surface area contributed by atoms with E-state index in [0.717, 1.165) is 5.56 Å². The van der Waals surface area contributed by atoms with Gasteiger partial charge in [-0.1, -0.05) is 23.2 Å². The first-order chi connectivity index (χ1) is 7.06. The normalized spacial score (nSPS) is 10.6. The predicted molar refractivity (Wildman–Crippen MR) is 60.3 cm³/mol. The van der Waals surface area contributed by atoms with Gasteiger partial charge in [0.25, 0.3) is 0 Å². The number of nitrogens with zero attached hydrogens (tertiary/aromatic N) is 2. The van der Waals surface area contributed by atoms with Gasteiger partial charge in [0.15, 0.2) is 0 Å². The molecule has 0 fully saturated rings. The monoisotopic (exact) mass is 242 g/mol. The maximum atomic E-state index is 9.37. The Morgan fingerprint density at radius 1 is 1.13 bits per heavy atom. The Labute approximate surface area is 96.9 Å². The zero-order chi connectivity index (χ0) is 11.0. The summed E-state index contributed by atoms with van der Waals surface area (Å²) in [4.78, 5) is 0. The van der Waals surface area contributed by atoms with Crippen LogP contribution in [0.15, 0.2) is 24.3 Å². The highest BCUT2D eigenvalue weighted by Gasteiger charge is 2.07. The van der Waals surface area contributed by atoms with Crippen molar-refractivity contribution in [3.63, 3.8) is 0 Å². The average molecular weight is 243 g/mol. The van der Waals surface area contributed by atoms with Crippen LogP contribution in [0.1, 0.15) is 0 Å². The number of halogens is 2. The summed E-state index contributed by atoms with van der Waals surface area (Å²) in [5.74, 6) is 0.0982. The SMILES string of the molecule is Cn1nc(-c2cc(Cl)cc(Cl)c2)cc1O. The lowest BCUT2D eigenvalue weighted by Gasteiger charge is -1.98. The number of aryl methyl sites for hydroxylation is 1. The van der Waals surface area contributed by atoms with Gasteiger partial charge >= 0.3 is 0 Å². The van der Waals surface area contributed by atoms with Gasteiger partial charge in [-0.3, -0.25) is 0 Å². The predicted octanol–water partition coefficient (Wildman–Crippen LogP) is 3.10. The van der Waals surface area contributed by atoms with Crippen LogP contribution >= 0.6 is 23.2 Å². The molecule has 5 heteroatoms. The van der Waals surface area contributed by atoms with Gasteiger partial charge in [-0.2, -0.15) is 5.10 Å². The lowest BCUT2D eigenvalue weighted by Crippen LogP contribution is -1.89. The lowest BCUT2D eigenvalue weighted by atomic mass is 10.1. The number of rotatable bonds is 1. The van der Waals surface area contributed by atoms with Crippen molar-refractivity contribution >= 4 is 23.2 Å². The van der Waals surface area contributed by atoms with Crippen LogP contribution in [0.2, 0.25) is 10.0 Å². The molecule has 0 unspecified atom stereocenters. The molecular formula is C10H8Cl2N2O. The van der Waals surface area contributed by atoms with Gasteiger partial charge in [0.1, 0.15) is 0 Å². The molecule has 2 aromatic rings. The third kappa shape index (κ3) is 2.08. The van der Waals surface area contributed by atoms with Crippen molar-refractivity contribution in [2.75, 3.05) is 0 Å². The van der Waals surface area contributed by atoms with E-state index in [-0.39, 0.29) is 5.88 Å². The van der Waals surface area contributed by atoms with E-state index < -0.39 is 0 Å². The van der Waals surface area contributed by atoms with E-state index in [1.165, 1.54) is 4.68 Å². The van der Waals surface area contributed by atoms with Gasteiger partial charge in [-0.15, -0.1) is 0 Å². The second-order valence-electron chi connectivity index (χ2n) is 3.17. The van der Waals surface area contributed by atoms with Crippen molar-refractivity contribution in [2.45, 2.75) is 0 Å². The Bertz CT molecular complexity index is 468. The third-order valence-corrected chi connectivity index (χ3v) is 2.45. The molecule has 15 heavy (non-hydrogen) atoms. The summed E-state index contributed by atoms with van der Waals surface area (Å²) in [6.45, 7) is 0. The molecule has 1 N–H and O–H groups in total. The van der Waals surface area contributed by atoms with Gasteiger partial charge in [0.05, 0.1) is 5.69 Å². The molecule has 0 aliphatic rings. The molecule has 0 atom stereocenters. The number of aromatic hydroxyl groups is 1. The topological polar surface area (TPSA) is 38.0 Å². The summed E-state index contributed by atoms with van der Waals surface area (Å²) in [7, 11) is 1.66. The van der Waals surface area contributed by atoms with E-state index in [2.05, 4.69) is 5.10 Å². The highest BCUT2D eigenvalue weighted by atomic mass is 35.5. The molecule has 0 saturated carbocycles. The quantitative estimate of drug-likeness (QED) is 0.835. The first-order valence-corrected chi connectivity index (χ1v) is 5.01. The van der Waals surface area contributed by atoms with Gasteiger partial charge in [-0.25, -0.2) is 4.68 Å².